The van der Waals surface area contributed by atoms with Gasteiger partial charge in [-0.1, -0.05) is 6.07 Å². The summed E-state index contributed by atoms with van der Waals surface area (Å²) in [7, 11) is 0. The molecule has 0 spiro atoms. The number of urea groups is 1. The summed E-state index contributed by atoms with van der Waals surface area (Å²) in [5.74, 6) is -2.85. The molecule has 0 saturated carbocycles. The number of hydrogen-bond acceptors (Lipinski definition) is 3. The average molecular weight is 298 g/mol. The van der Waals surface area contributed by atoms with Crippen LogP contribution in [0.1, 0.15) is 19.3 Å². The number of carboxylic acids is 2. The molecule has 1 rings (SSSR count). The van der Waals surface area contributed by atoms with Crippen molar-refractivity contribution in [2.24, 2.45) is 0 Å². The van der Waals surface area contributed by atoms with Gasteiger partial charge in [0.1, 0.15) is 11.9 Å². The fraction of sp³-hybridized carbons (Fsp3) is 0.308. The number of anilines is 1. The van der Waals surface area contributed by atoms with Gasteiger partial charge in [0, 0.05) is 12.1 Å². The van der Waals surface area contributed by atoms with E-state index < -0.39 is 29.8 Å². The molecule has 2 amide bonds. The summed E-state index contributed by atoms with van der Waals surface area (Å²) in [5, 5.41) is 21.9. The van der Waals surface area contributed by atoms with Gasteiger partial charge < -0.3 is 20.8 Å². The van der Waals surface area contributed by atoms with E-state index in [9.17, 15) is 18.8 Å². The van der Waals surface area contributed by atoms with Crippen LogP contribution in [-0.2, 0) is 9.59 Å². The van der Waals surface area contributed by atoms with E-state index in [4.69, 9.17) is 10.2 Å². The molecule has 0 unspecified atom stereocenters. The summed E-state index contributed by atoms with van der Waals surface area (Å²) in [5.41, 5.74) is 0.183. The van der Waals surface area contributed by atoms with Gasteiger partial charge in [-0.25, -0.2) is 14.0 Å². The van der Waals surface area contributed by atoms with Crippen molar-refractivity contribution in [2.75, 3.05) is 5.32 Å². The van der Waals surface area contributed by atoms with Crippen molar-refractivity contribution in [1.29, 1.82) is 0 Å². The Labute approximate surface area is 119 Å². The normalized spacial score (nSPS) is 11.5. The van der Waals surface area contributed by atoms with Gasteiger partial charge in [0.05, 0.1) is 0 Å². The molecule has 0 aliphatic carbocycles. The molecule has 1 atom stereocenters. The number of halogens is 1. The summed E-state index contributed by atoms with van der Waals surface area (Å²) in [6, 6.07) is 3.12. The summed E-state index contributed by atoms with van der Waals surface area (Å²) in [6.07, 6.45) is -0.0816. The minimum Gasteiger partial charge on any atom is -0.481 e. The van der Waals surface area contributed by atoms with Crippen LogP contribution in [-0.4, -0.2) is 34.2 Å². The topological polar surface area (TPSA) is 116 Å². The van der Waals surface area contributed by atoms with Gasteiger partial charge in [0.25, 0.3) is 0 Å². The van der Waals surface area contributed by atoms with E-state index >= 15 is 0 Å². The smallest absolute Gasteiger partial charge is 0.326 e. The Balaban J connectivity index is 2.52. The van der Waals surface area contributed by atoms with E-state index in [1.807, 2.05) is 0 Å². The number of aliphatic carboxylic acids is 2. The van der Waals surface area contributed by atoms with Gasteiger partial charge >= 0.3 is 18.0 Å². The molecule has 114 valence electrons. The first-order chi connectivity index (χ1) is 9.88. The molecule has 0 heterocycles. The summed E-state index contributed by atoms with van der Waals surface area (Å²) in [6.45, 7) is 0. The Morgan fingerprint density at radius 1 is 1.24 bits per heavy atom. The lowest BCUT2D eigenvalue weighted by molar-refractivity contribution is -0.140. The second-order valence-electron chi connectivity index (χ2n) is 4.29. The lowest BCUT2D eigenvalue weighted by Gasteiger charge is -2.14. The third-order valence-corrected chi connectivity index (χ3v) is 2.57. The third kappa shape index (κ3) is 6.37. The molecule has 0 saturated heterocycles. The van der Waals surface area contributed by atoms with Gasteiger partial charge in [-0.15, -0.1) is 0 Å². The minimum atomic E-state index is -1.27. The minimum absolute atomic E-state index is 0.0157. The van der Waals surface area contributed by atoms with Crippen molar-refractivity contribution in [2.45, 2.75) is 25.3 Å². The average Bonchev–Trinajstić information content (AvgIpc) is 2.36. The summed E-state index contributed by atoms with van der Waals surface area (Å²) >= 11 is 0. The zero-order valence-electron chi connectivity index (χ0n) is 11.0. The lowest BCUT2D eigenvalue weighted by atomic mass is 10.1. The number of nitrogens with one attached hydrogen (secondary N) is 2. The van der Waals surface area contributed by atoms with Crippen LogP contribution in [0.4, 0.5) is 14.9 Å². The molecule has 1 aromatic carbocycles. The molecule has 7 nitrogen and oxygen atoms in total. The van der Waals surface area contributed by atoms with Crippen molar-refractivity contribution in [3.8, 4) is 0 Å². The highest BCUT2D eigenvalue weighted by Gasteiger charge is 2.20. The van der Waals surface area contributed by atoms with Crippen molar-refractivity contribution < 1.29 is 29.0 Å². The van der Waals surface area contributed by atoms with Crippen LogP contribution < -0.4 is 10.6 Å². The van der Waals surface area contributed by atoms with Gasteiger partial charge in [-0.05, 0) is 31.0 Å². The van der Waals surface area contributed by atoms with E-state index in [0.717, 1.165) is 6.07 Å². The molecular weight excluding hydrogens is 283 g/mol. The Bertz CT molecular complexity index is 535. The zero-order chi connectivity index (χ0) is 15.8. The maximum absolute atomic E-state index is 12.9. The van der Waals surface area contributed by atoms with E-state index in [0.29, 0.717) is 0 Å². The maximum Gasteiger partial charge on any atom is 0.326 e. The van der Waals surface area contributed by atoms with Crippen LogP contribution in [0.15, 0.2) is 24.3 Å². The quantitative estimate of drug-likeness (QED) is 0.611. The van der Waals surface area contributed by atoms with Crippen LogP contribution in [0.2, 0.25) is 0 Å². The molecule has 1 aromatic rings. The third-order valence-electron chi connectivity index (χ3n) is 2.57. The number of carboxylic acid groups (broad SMARTS) is 2. The SMILES string of the molecule is O=C(O)CCC[C@@H](NC(=O)Nc1cccc(F)c1)C(=O)O. The number of hydrogen-bond donors (Lipinski definition) is 4. The number of carbonyl (C=O) groups excluding carboxylic acids is 1. The molecule has 0 fully saturated rings. The Kier molecular flexibility index (Phi) is 6.12. The first-order valence-corrected chi connectivity index (χ1v) is 6.16. The molecule has 0 aliphatic rings. The predicted molar refractivity (Wildman–Crippen MR) is 71.5 cm³/mol. The number of benzene rings is 1. The van der Waals surface area contributed by atoms with Crippen molar-refractivity contribution in [1.82, 2.24) is 5.32 Å². The van der Waals surface area contributed by atoms with E-state index in [1.165, 1.54) is 18.2 Å². The van der Waals surface area contributed by atoms with Gasteiger partial charge in [0.15, 0.2) is 0 Å². The van der Waals surface area contributed by atoms with Crippen molar-refractivity contribution in [3.05, 3.63) is 30.1 Å². The van der Waals surface area contributed by atoms with Crippen LogP contribution >= 0.6 is 0 Å². The maximum atomic E-state index is 12.9. The molecule has 8 heteroatoms. The highest BCUT2D eigenvalue weighted by Crippen LogP contribution is 2.09. The number of rotatable bonds is 7. The Hall–Kier alpha value is -2.64. The highest BCUT2D eigenvalue weighted by atomic mass is 19.1. The first kappa shape index (κ1) is 16.4. The molecular formula is C13H15FN2O5. The van der Waals surface area contributed by atoms with E-state index in [2.05, 4.69) is 10.6 Å². The van der Waals surface area contributed by atoms with E-state index in [-0.39, 0.29) is 24.9 Å². The van der Waals surface area contributed by atoms with E-state index in [1.54, 1.807) is 0 Å². The Morgan fingerprint density at radius 2 is 1.95 bits per heavy atom. The highest BCUT2D eigenvalue weighted by molar-refractivity contribution is 5.92. The number of carbonyl (C=O) groups is 3. The van der Waals surface area contributed by atoms with Crippen LogP contribution in [0.3, 0.4) is 0 Å². The standard InChI is InChI=1S/C13H15FN2O5/c14-8-3-1-4-9(7-8)15-13(21)16-10(12(19)20)5-2-6-11(17)18/h1,3-4,7,10H,2,5-6H2,(H,17,18)(H,19,20)(H2,15,16,21)/t10-/m1/s1. The molecule has 21 heavy (non-hydrogen) atoms. The van der Waals surface area contributed by atoms with Gasteiger partial charge in [-0.2, -0.15) is 0 Å². The largest absolute Gasteiger partial charge is 0.481 e. The second-order valence-corrected chi connectivity index (χ2v) is 4.29. The molecule has 0 aromatic heterocycles. The van der Waals surface area contributed by atoms with Gasteiger partial charge in [-0.3, -0.25) is 4.79 Å². The first-order valence-electron chi connectivity index (χ1n) is 6.16. The monoisotopic (exact) mass is 298 g/mol. The zero-order valence-corrected chi connectivity index (χ0v) is 11.0. The molecule has 4 N–H and O–H groups in total. The Morgan fingerprint density at radius 3 is 2.52 bits per heavy atom. The fourth-order valence-corrected chi connectivity index (χ4v) is 1.61. The van der Waals surface area contributed by atoms with Crippen LogP contribution in [0.25, 0.3) is 0 Å². The summed E-state index contributed by atoms with van der Waals surface area (Å²) in [4.78, 5) is 32.9. The molecule has 0 aliphatic heterocycles. The molecule has 0 radical (unpaired) electrons. The fourth-order valence-electron chi connectivity index (χ4n) is 1.61. The van der Waals surface area contributed by atoms with Crippen LogP contribution in [0, 0.1) is 5.82 Å². The lowest BCUT2D eigenvalue weighted by Crippen LogP contribution is -2.43. The van der Waals surface area contributed by atoms with Gasteiger partial charge in [0.2, 0.25) is 0 Å². The second kappa shape index (κ2) is 7.83. The number of amides is 2. The molecule has 0 bridgehead atoms. The summed E-state index contributed by atoms with van der Waals surface area (Å²) < 4.78 is 12.9. The van der Waals surface area contributed by atoms with Crippen molar-refractivity contribution in [3.63, 3.8) is 0 Å². The predicted octanol–water partition coefficient (Wildman–Crippen LogP) is 1.66. The van der Waals surface area contributed by atoms with Crippen LogP contribution in [0.5, 0.6) is 0 Å². The van der Waals surface area contributed by atoms with Crippen molar-refractivity contribution >= 4 is 23.7 Å².